The average Bonchev–Trinajstić information content (AvgIpc) is 2.28. The lowest BCUT2D eigenvalue weighted by atomic mass is 9.92. The van der Waals surface area contributed by atoms with Gasteiger partial charge in [0.15, 0.2) is 0 Å². The molecular formula is C14H22N2O. The topological polar surface area (TPSA) is 49.5 Å². The van der Waals surface area contributed by atoms with E-state index in [9.17, 15) is 5.11 Å². The highest BCUT2D eigenvalue weighted by atomic mass is 16.3. The maximum absolute atomic E-state index is 9.29. The molecule has 1 aromatic carbocycles. The summed E-state index contributed by atoms with van der Waals surface area (Å²) in [6.07, 6.45) is 1.13. The molecule has 0 aromatic heterocycles. The molecule has 1 heterocycles. The second-order valence-electron chi connectivity index (χ2n) is 5.63. The predicted molar refractivity (Wildman–Crippen MR) is 71.2 cm³/mol. The Morgan fingerprint density at radius 2 is 2.18 bits per heavy atom. The van der Waals surface area contributed by atoms with E-state index in [1.807, 2.05) is 6.92 Å². The van der Waals surface area contributed by atoms with E-state index >= 15 is 0 Å². The van der Waals surface area contributed by atoms with E-state index in [4.69, 9.17) is 5.73 Å². The summed E-state index contributed by atoms with van der Waals surface area (Å²) >= 11 is 0. The first-order chi connectivity index (χ1) is 8.02. The molecule has 1 aliphatic heterocycles. The van der Waals surface area contributed by atoms with Crippen molar-refractivity contribution in [3.05, 3.63) is 29.8 Å². The second-order valence-corrected chi connectivity index (χ2v) is 5.63. The van der Waals surface area contributed by atoms with Crippen LogP contribution in [0, 0.1) is 5.92 Å². The molecule has 2 atom stereocenters. The van der Waals surface area contributed by atoms with E-state index in [0.717, 1.165) is 13.0 Å². The lowest BCUT2D eigenvalue weighted by Gasteiger charge is -2.39. The third kappa shape index (κ3) is 2.79. The van der Waals surface area contributed by atoms with Crippen molar-refractivity contribution in [3.8, 4) is 0 Å². The van der Waals surface area contributed by atoms with Gasteiger partial charge in [-0.25, -0.2) is 0 Å². The number of fused-ring (bicyclic) bond motifs is 1. The first-order valence-corrected chi connectivity index (χ1v) is 6.24. The zero-order valence-electron chi connectivity index (χ0n) is 10.7. The Morgan fingerprint density at radius 1 is 1.47 bits per heavy atom. The Kier molecular flexibility index (Phi) is 3.40. The summed E-state index contributed by atoms with van der Waals surface area (Å²) < 4.78 is 0. The summed E-state index contributed by atoms with van der Waals surface area (Å²) in [6, 6.07) is 8.48. The fourth-order valence-electron chi connectivity index (χ4n) is 2.54. The van der Waals surface area contributed by atoms with Gasteiger partial charge in [-0.2, -0.15) is 0 Å². The summed E-state index contributed by atoms with van der Waals surface area (Å²) in [5.41, 5.74) is 8.18. The van der Waals surface area contributed by atoms with Gasteiger partial charge >= 0.3 is 0 Å². The van der Waals surface area contributed by atoms with Gasteiger partial charge in [-0.05, 0) is 30.9 Å². The molecular weight excluding hydrogens is 212 g/mol. The molecule has 0 saturated heterocycles. The summed E-state index contributed by atoms with van der Waals surface area (Å²) in [5, 5.41) is 9.29. The largest absolute Gasteiger partial charge is 0.394 e. The van der Waals surface area contributed by atoms with E-state index in [2.05, 4.69) is 36.1 Å². The van der Waals surface area contributed by atoms with Gasteiger partial charge < -0.3 is 15.7 Å². The third-order valence-corrected chi connectivity index (χ3v) is 3.35. The standard InChI is InChI=1S/C14H22N2O/c1-11-7-12-5-3-4-6-13(12)16(8-11)9-14(2,15)10-17/h3-6,11,17H,7-10,15H2,1-2H3. The van der Waals surface area contributed by atoms with E-state index in [1.165, 1.54) is 11.3 Å². The number of hydrogen-bond acceptors (Lipinski definition) is 3. The molecule has 94 valence electrons. The van der Waals surface area contributed by atoms with Crippen LogP contribution in [0.3, 0.4) is 0 Å². The number of rotatable bonds is 3. The van der Waals surface area contributed by atoms with Gasteiger partial charge in [0.1, 0.15) is 0 Å². The minimum Gasteiger partial charge on any atom is -0.394 e. The van der Waals surface area contributed by atoms with Crippen molar-refractivity contribution >= 4 is 5.69 Å². The molecule has 0 saturated carbocycles. The minimum atomic E-state index is -0.538. The van der Waals surface area contributed by atoms with Crippen LogP contribution >= 0.6 is 0 Å². The Hall–Kier alpha value is -1.06. The molecule has 3 N–H and O–H groups in total. The number of nitrogens with two attached hydrogens (primary N) is 1. The van der Waals surface area contributed by atoms with Crippen LogP contribution in [0.25, 0.3) is 0 Å². The Balaban J connectivity index is 2.24. The van der Waals surface area contributed by atoms with Gasteiger partial charge in [-0.15, -0.1) is 0 Å². The molecule has 0 aliphatic carbocycles. The van der Waals surface area contributed by atoms with Gasteiger partial charge in [0.05, 0.1) is 12.1 Å². The minimum absolute atomic E-state index is 0.0139. The van der Waals surface area contributed by atoms with Crippen molar-refractivity contribution in [1.82, 2.24) is 0 Å². The van der Waals surface area contributed by atoms with Gasteiger partial charge in [0.2, 0.25) is 0 Å². The number of aliphatic hydroxyl groups is 1. The number of benzene rings is 1. The molecule has 1 aromatic rings. The second kappa shape index (κ2) is 4.67. The number of aliphatic hydroxyl groups excluding tert-OH is 1. The van der Waals surface area contributed by atoms with Crippen molar-refractivity contribution in [2.24, 2.45) is 11.7 Å². The molecule has 17 heavy (non-hydrogen) atoms. The molecule has 0 amide bonds. The molecule has 0 radical (unpaired) electrons. The maximum Gasteiger partial charge on any atom is 0.0625 e. The number of hydrogen-bond donors (Lipinski definition) is 2. The van der Waals surface area contributed by atoms with Crippen molar-refractivity contribution in [2.75, 3.05) is 24.6 Å². The summed E-state index contributed by atoms with van der Waals surface area (Å²) in [5.74, 6) is 0.638. The molecule has 2 unspecified atom stereocenters. The smallest absolute Gasteiger partial charge is 0.0625 e. The monoisotopic (exact) mass is 234 g/mol. The normalized spacial score (nSPS) is 23.1. The zero-order valence-corrected chi connectivity index (χ0v) is 10.7. The quantitative estimate of drug-likeness (QED) is 0.831. The SMILES string of the molecule is CC1Cc2ccccc2N(CC(C)(N)CO)C1. The van der Waals surface area contributed by atoms with E-state index in [-0.39, 0.29) is 6.61 Å². The number of anilines is 1. The van der Waals surface area contributed by atoms with Crippen molar-refractivity contribution in [1.29, 1.82) is 0 Å². The summed E-state index contributed by atoms with van der Waals surface area (Å²) in [7, 11) is 0. The Morgan fingerprint density at radius 3 is 2.88 bits per heavy atom. The molecule has 0 bridgehead atoms. The van der Waals surface area contributed by atoms with Crippen LogP contribution < -0.4 is 10.6 Å². The van der Waals surface area contributed by atoms with Crippen LogP contribution in [0.2, 0.25) is 0 Å². The van der Waals surface area contributed by atoms with Crippen LogP contribution in [0.15, 0.2) is 24.3 Å². The molecule has 3 nitrogen and oxygen atoms in total. The zero-order chi connectivity index (χ0) is 12.5. The fraction of sp³-hybridized carbons (Fsp3) is 0.571. The molecule has 3 heteroatoms. The van der Waals surface area contributed by atoms with Gasteiger partial charge in [-0.1, -0.05) is 25.1 Å². The van der Waals surface area contributed by atoms with Crippen LogP contribution in [-0.2, 0) is 6.42 Å². The van der Waals surface area contributed by atoms with Gasteiger partial charge in [0, 0.05) is 18.8 Å². The first-order valence-electron chi connectivity index (χ1n) is 6.24. The van der Waals surface area contributed by atoms with Crippen molar-refractivity contribution < 1.29 is 5.11 Å². The summed E-state index contributed by atoms with van der Waals surface area (Å²) in [4.78, 5) is 2.31. The molecule has 1 aliphatic rings. The van der Waals surface area contributed by atoms with Crippen molar-refractivity contribution in [3.63, 3.8) is 0 Å². The molecule has 0 fully saturated rings. The number of para-hydroxylation sites is 1. The average molecular weight is 234 g/mol. The molecule has 0 spiro atoms. The van der Waals surface area contributed by atoms with Gasteiger partial charge in [0.25, 0.3) is 0 Å². The predicted octanol–water partition coefficient (Wildman–Crippen LogP) is 1.39. The molecule has 2 rings (SSSR count). The van der Waals surface area contributed by atoms with Crippen LogP contribution in [0.5, 0.6) is 0 Å². The van der Waals surface area contributed by atoms with E-state index < -0.39 is 5.54 Å². The van der Waals surface area contributed by atoms with Gasteiger partial charge in [-0.3, -0.25) is 0 Å². The van der Waals surface area contributed by atoms with Crippen molar-refractivity contribution in [2.45, 2.75) is 25.8 Å². The Labute approximate surface area is 103 Å². The fourth-order valence-corrected chi connectivity index (χ4v) is 2.54. The Bertz CT molecular complexity index is 390. The van der Waals surface area contributed by atoms with E-state index in [0.29, 0.717) is 12.5 Å². The lowest BCUT2D eigenvalue weighted by Crippen LogP contribution is -2.52. The van der Waals surface area contributed by atoms with Crippen LogP contribution in [-0.4, -0.2) is 30.3 Å². The van der Waals surface area contributed by atoms with Crippen LogP contribution in [0.4, 0.5) is 5.69 Å². The first kappa shape index (κ1) is 12.4. The van der Waals surface area contributed by atoms with Crippen LogP contribution in [0.1, 0.15) is 19.4 Å². The highest BCUT2D eigenvalue weighted by molar-refractivity contribution is 5.56. The number of nitrogens with zero attached hydrogens (tertiary/aromatic N) is 1. The van der Waals surface area contributed by atoms with E-state index in [1.54, 1.807) is 0 Å². The highest BCUT2D eigenvalue weighted by Gasteiger charge is 2.27. The third-order valence-electron chi connectivity index (χ3n) is 3.35. The maximum atomic E-state index is 9.29. The summed E-state index contributed by atoms with van der Waals surface area (Å²) in [6.45, 7) is 5.89. The highest BCUT2D eigenvalue weighted by Crippen LogP contribution is 2.29. The lowest BCUT2D eigenvalue weighted by molar-refractivity contribution is 0.209.